The van der Waals surface area contributed by atoms with Crippen molar-refractivity contribution >= 4 is 0 Å². The minimum atomic E-state index is 0.549. The van der Waals surface area contributed by atoms with Crippen molar-refractivity contribution in [2.75, 3.05) is 0 Å². The average molecular weight is 186 g/mol. The third-order valence-electron chi connectivity index (χ3n) is 3.06. The van der Waals surface area contributed by atoms with E-state index < -0.39 is 0 Å². The van der Waals surface area contributed by atoms with Gasteiger partial charge in [0.1, 0.15) is 11.8 Å². The lowest BCUT2D eigenvalue weighted by Gasteiger charge is -2.11. The molecule has 1 unspecified atom stereocenters. The smallest absolute Gasteiger partial charge is 0.140 e. The molecular weight excluding hydrogens is 172 g/mol. The summed E-state index contributed by atoms with van der Waals surface area (Å²) < 4.78 is 0. The zero-order chi connectivity index (χ0) is 10.1. The average Bonchev–Trinajstić information content (AvgIpc) is 2.59. The molecular formula is C12H14N2. The van der Waals surface area contributed by atoms with Crippen LogP contribution in [0.5, 0.6) is 0 Å². The fourth-order valence-electron chi connectivity index (χ4n) is 2.03. The predicted octanol–water partition coefficient (Wildman–Crippen LogP) is 2.32. The van der Waals surface area contributed by atoms with Gasteiger partial charge in [-0.05, 0) is 36.3 Å². The summed E-state index contributed by atoms with van der Waals surface area (Å²) in [6.45, 7) is 4.50. The Kier molecular flexibility index (Phi) is 2.25. The van der Waals surface area contributed by atoms with E-state index in [0.29, 0.717) is 17.5 Å². The molecule has 2 nitrogen and oxygen atoms in total. The number of hydrogen-bond acceptors (Lipinski definition) is 2. The molecule has 1 heterocycles. The Labute approximate surface area is 84.6 Å². The van der Waals surface area contributed by atoms with Crippen molar-refractivity contribution in [1.29, 1.82) is 5.26 Å². The van der Waals surface area contributed by atoms with Crippen molar-refractivity contribution in [1.82, 2.24) is 4.98 Å². The van der Waals surface area contributed by atoms with Gasteiger partial charge in [-0.2, -0.15) is 5.26 Å². The summed E-state index contributed by atoms with van der Waals surface area (Å²) in [4.78, 5) is 4.34. The molecule has 0 spiro atoms. The third kappa shape index (κ3) is 1.50. The Morgan fingerprint density at radius 2 is 2.21 bits per heavy atom. The first kappa shape index (κ1) is 9.21. The summed E-state index contributed by atoms with van der Waals surface area (Å²) in [7, 11) is 0. The van der Waals surface area contributed by atoms with E-state index in [-0.39, 0.29) is 0 Å². The van der Waals surface area contributed by atoms with Crippen LogP contribution in [0.15, 0.2) is 12.1 Å². The van der Waals surface area contributed by atoms with Crippen molar-refractivity contribution in [2.45, 2.75) is 26.7 Å². The number of aromatic nitrogens is 1. The second-order valence-electron chi connectivity index (χ2n) is 4.33. The molecule has 0 aliphatic heterocycles. The molecule has 0 radical (unpaired) electrons. The molecule has 0 amide bonds. The van der Waals surface area contributed by atoms with Gasteiger partial charge in [-0.3, -0.25) is 0 Å². The summed E-state index contributed by atoms with van der Waals surface area (Å²) in [5, 5.41) is 8.73. The SMILES string of the molecule is CC(C)C1Cc2ccc(C#N)nc2C1. The van der Waals surface area contributed by atoms with E-state index in [1.807, 2.05) is 6.07 Å². The van der Waals surface area contributed by atoms with Gasteiger partial charge in [-0.15, -0.1) is 0 Å². The highest BCUT2D eigenvalue weighted by Crippen LogP contribution is 2.30. The zero-order valence-corrected chi connectivity index (χ0v) is 8.62. The summed E-state index contributed by atoms with van der Waals surface area (Å²) in [5.74, 6) is 1.42. The Bertz CT molecular complexity index is 388. The molecule has 0 N–H and O–H groups in total. The molecule has 1 aliphatic rings. The molecule has 0 saturated heterocycles. The fourth-order valence-corrected chi connectivity index (χ4v) is 2.03. The van der Waals surface area contributed by atoms with E-state index in [1.165, 1.54) is 5.56 Å². The van der Waals surface area contributed by atoms with Gasteiger partial charge in [-0.1, -0.05) is 19.9 Å². The predicted molar refractivity (Wildman–Crippen MR) is 54.7 cm³/mol. The standard InChI is InChI=1S/C12H14N2/c1-8(2)10-5-9-3-4-11(7-13)14-12(9)6-10/h3-4,8,10H,5-6H2,1-2H3. The minimum Gasteiger partial charge on any atom is -0.242 e. The number of nitriles is 1. The molecule has 2 rings (SSSR count). The third-order valence-corrected chi connectivity index (χ3v) is 3.06. The van der Waals surface area contributed by atoms with Crippen LogP contribution in [0.4, 0.5) is 0 Å². The lowest BCUT2D eigenvalue weighted by molar-refractivity contribution is 0.402. The lowest BCUT2D eigenvalue weighted by atomic mass is 9.93. The van der Waals surface area contributed by atoms with Gasteiger partial charge in [0.15, 0.2) is 0 Å². The first-order valence-corrected chi connectivity index (χ1v) is 5.09. The monoisotopic (exact) mass is 186 g/mol. The van der Waals surface area contributed by atoms with Crippen molar-refractivity contribution in [3.05, 3.63) is 29.1 Å². The molecule has 0 fully saturated rings. The Hall–Kier alpha value is -1.36. The molecule has 14 heavy (non-hydrogen) atoms. The molecule has 0 aromatic carbocycles. The molecule has 0 saturated carbocycles. The molecule has 1 aromatic heterocycles. The fraction of sp³-hybridized carbons (Fsp3) is 0.500. The van der Waals surface area contributed by atoms with E-state index >= 15 is 0 Å². The molecule has 1 atom stereocenters. The molecule has 1 aromatic rings. The van der Waals surface area contributed by atoms with Gasteiger partial charge in [0, 0.05) is 5.69 Å². The summed E-state index contributed by atoms with van der Waals surface area (Å²) in [6.07, 6.45) is 2.17. The second kappa shape index (κ2) is 3.42. The van der Waals surface area contributed by atoms with Crippen LogP contribution >= 0.6 is 0 Å². The number of nitrogens with zero attached hydrogens (tertiary/aromatic N) is 2. The summed E-state index contributed by atoms with van der Waals surface area (Å²) >= 11 is 0. The van der Waals surface area contributed by atoms with E-state index in [9.17, 15) is 0 Å². The Morgan fingerprint density at radius 3 is 2.86 bits per heavy atom. The van der Waals surface area contributed by atoms with Gasteiger partial charge >= 0.3 is 0 Å². The topological polar surface area (TPSA) is 36.7 Å². The Balaban J connectivity index is 2.28. The lowest BCUT2D eigenvalue weighted by Crippen LogP contribution is -2.07. The zero-order valence-electron chi connectivity index (χ0n) is 8.62. The van der Waals surface area contributed by atoms with Crippen LogP contribution in [-0.2, 0) is 12.8 Å². The normalized spacial score (nSPS) is 19.4. The quantitative estimate of drug-likeness (QED) is 0.675. The van der Waals surface area contributed by atoms with E-state index in [2.05, 4.69) is 31.0 Å². The maximum absolute atomic E-state index is 8.73. The highest BCUT2D eigenvalue weighted by atomic mass is 14.7. The minimum absolute atomic E-state index is 0.549. The maximum atomic E-state index is 8.73. The number of hydrogen-bond donors (Lipinski definition) is 0. The van der Waals surface area contributed by atoms with Crippen molar-refractivity contribution in [3.63, 3.8) is 0 Å². The van der Waals surface area contributed by atoms with Crippen molar-refractivity contribution in [2.24, 2.45) is 11.8 Å². The highest BCUT2D eigenvalue weighted by Gasteiger charge is 2.24. The molecule has 2 heteroatoms. The van der Waals surface area contributed by atoms with Gasteiger partial charge in [0.2, 0.25) is 0 Å². The highest BCUT2D eigenvalue weighted by molar-refractivity contribution is 5.32. The van der Waals surface area contributed by atoms with Crippen molar-refractivity contribution in [3.8, 4) is 6.07 Å². The van der Waals surface area contributed by atoms with Crippen LogP contribution in [0.1, 0.15) is 30.8 Å². The van der Waals surface area contributed by atoms with E-state index in [1.54, 1.807) is 0 Å². The van der Waals surface area contributed by atoms with Gasteiger partial charge in [0.25, 0.3) is 0 Å². The van der Waals surface area contributed by atoms with Gasteiger partial charge in [-0.25, -0.2) is 4.98 Å². The van der Waals surface area contributed by atoms with Gasteiger partial charge < -0.3 is 0 Å². The van der Waals surface area contributed by atoms with Crippen LogP contribution in [0.2, 0.25) is 0 Å². The van der Waals surface area contributed by atoms with E-state index in [4.69, 9.17) is 5.26 Å². The van der Waals surface area contributed by atoms with Crippen LogP contribution in [0, 0.1) is 23.2 Å². The molecule has 0 bridgehead atoms. The number of pyridine rings is 1. The summed E-state index contributed by atoms with van der Waals surface area (Å²) in [6, 6.07) is 5.97. The first-order chi connectivity index (χ1) is 6.70. The number of rotatable bonds is 1. The van der Waals surface area contributed by atoms with Crippen LogP contribution in [-0.4, -0.2) is 4.98 Å². The van der Waals surface area contributed by atoms with Crippen LogP contribution in [0.25, 0.3) is 0 Å². The largest absolute Gasteiger partial charge is 0.242 e. The van der Waals surface area contributed by atoms with E-state index in [0.717, 1.165) is 18.5 Å². The number of fused-ring (bicyclic) bond motifs is 1. The molecule has 72 valence electrons. The van der Waals surface area contributed by atoms with Crippen LogP contribution < -0.4 is 0 Å². The van der Waals surface area contributed by atoms with Gasteiger partial charge in [0.05, 0.1) is 0 Å². The first-order valence-electron chi connectivity index (χ1n) is 5.09. The molecule has 1 aliphatic carbocycles. The second-order valence-corrected chi connectivity index (χ2v) is 4.33. The van der Waals surface area contributed by atoms with Crippen molar-refractivity contribution < 1.29 is 0 Å². The van der Waals surface area contributed by atoms with Crippen LogP contribution in [0.3, 0.4) is 0 Å². The summed E-state index contributed by atoms with van der Waals surface area (Å²) in [5.41, 5.74) is 3.03. The maximum Gasteiger partial charge on any atom is 0.140 e. The Morgan fingerprint density at radius 1 is 1.43 bits per heavy atom.